The molecule has 0 saturated carbocycles. The van der Waals surface area contributed by atoms with Crippen molar-refractivity contribution in [3.63, 3.8) is 0 Å². The van der Waals surface area contributed by atoms with Gasteiger partial charge in [0.05, 0.1) is 18.6 Å². The van der Waals surface area contributed by atoms with E-state index in [2.05, 4.69) is 9.99 Å². The van der Waals surface area contributed by atoms with Crippen LogP contribution < -0.4 is 4.74 Å². The van der Waals surface area contributed by atoms with E-state index in [-0.39, 0.29) is 11.6 Å². The number of ether oxygens (including phenoxy) is 1. The topological polar surface area (TPSA) is 68.3 Å². The predicted octanol–water partition coefficient (Wildman–Crippen LogP) is 0.992. The van der Waals surface area contributed by atoms with Crippen molar-refractivity contribution in [1.29, 1.82) is 0 Å². The number of rotatable bonds is 5. The highest BCUT2D eigenvalue weighted by Crippen LogP contribution is 2.47. The van der Waals surface area contributed by atoms with Gasteiger partial charge in [-0.25, -0.2) is 4.98 Å². The zero-order valence-corrected chi connectivity index (χ0v) is 10.9. The molecule has 0 aromatic carbocycles. The van der Waals surface area contributed by atoms with Crippen LogP contribution in [0.5, 0.6) is 5.88 Å². The molecule has 0 radical (unpaired) electrons. The molecule has 1 aromatic rings. The molecule has 3 heterocycles. The second-order valence-corrected chi connectivity index (χ2v) is 5.11. The Kier molecular flexibility index (Phi) is 2.87. The normalized spacial score (nSPS) is 31.8. The minimum Gasteiger partial charge on any atom is -0.481 e. The first-order chi connectivity index (χ1) is 9.15. The molecular weight excluding hydrogens is 248 g/mol. The Balaban J connectivity index is 1.76. The summed E-state index contributed by atoms with van der Waals surface area (Å²) in [6.07, 6.45) is 4.27. The molecule has 7 heteroatoms. The lowest BCUT2D eigenvalue weighted by atomic mass is 10.2. The minimum atomic E-state index is -0.213. The maximum Gasteiger partial charge on any atom is 0.347 e. The lowest BCUT2D eigenvalue weighted by molar-refractivity contribution is -0.962. The largest absolute Gasteiger partial charge is 0.481 e. The molecule has 0 bridgehead atoms. The van der Waals surface area contributed by atoms with Crippen LogP contribution in [0.2, 0.25) is 0 Å². The van der Waals surface area contributed by atoms with Gasteiger partial charge < -0.3 is 4.74 Å². The van der Waals surface area contributed by atoms with Crippen molar-refractivity contribution in [2.24, 2.45) is 0 Å². The third-order valence-corrected chi connectivity index (χ3v) is 4.03. The Morgan fingerprint density at radius 3 is 3.00 bits per heavy atom. The molecule has 2 fully saturated rings. The maximum atomic E-state index is 10.9. The number of aromatic nitrogens is 1. The van der Waals surface area contributed by atoms with Crippen molar-refractivity contribution < 1.29 is 14.3 Å². The first kappa shape index (κ1) is 12.3. The Labute approximate surface area is 111 Å². The van der Waals surface area contributed by atoms with Crippen LogP contribution in [0.1, 0.15) is 18.4 Å². The van der Waals surface area contributed by atoms with E-state index in [9.17, 15) is 10.1 Å². The molecular formula is C12H17N4O3+. The zero-order chi connectivity index (χ0) is 13.5. The number of methoxy groups -OCH3 is 1. The molecule has 19 heavy (non-hydrogen) atoms. The molecule has 1 aromatic heterocycles. The van der Waals surface area contributed by atoms with Gasteiger partial charge in [0.2, 0.25) is 12.0 Å². The van der Waals surface area contributed by atoms with Crippen LogP contribution in [0.25, 0.3) is 0 Å². The van der Waals surface area contributed by atoms with Crippen molar-refractivity contribution in [3.05, 3.63) is 34.0 Å². The molecule has 0 amide bonds. The lowest BCUT2D eigenvalue weighted by Crippen LogP contribution is -2.38. The average molecular weight is 265 g/mol. The van der Waals surface area contributed by atoms with Gasteiger partial charge in [-0.1, -0.05) is 5.01 Å². The van der Waals surface area contributed by atoms with Gasteiger partial charge in [-0.2, -0.15) is 4.59 Å². The van der Waals surface area contributed by atoms with E-state index >= 15 is 0 Å². The van der Waals surface area contributed by atoms with Crippen LogP contribution in [0, 0.1) is 10.1 Å². The lowest BCUT2D eigenvalue weighted by Gasteiger charge is -2.17. The number of pyridine rings is 1. The summed E-state index contributed by atoms with van der Waals surface area (Å²) in [6.45, 7) is 1.57. The SMILES string of the molecule is COc1ccc(C[N+]2(C[N+](=O)[O-])C3CCCN32)cn1. The van der Waals surface area contributed by atoms with Crippen LogP contribution in [-0.4, -0.2) is 46.0 Å². The third-order valence-electron chi connectivity index (χ3n) is 4.03. The summed E-state index contributed by atoms with van der Waals surface area (Å²) in [6, 6.07) is 3.73. The zero-order valence-electron chi connectivity index (χ0n) is 10.9. The molecule has 0 spiro atoms. The van der Waals surface area contributed by atoms with Crippen molar-refractivity contribution in [1.82, 2.24) is 9.99 Å². The summed E-state index contributed by atoms with van der Waals surface area (Å²) in [5, 5.41) is 13.1. The van der Waals surface area contributed by atoms with E-state index in [1.165, 1.54) is 0 Å². The van der Waals surface area contributed by atoms with Gasteiger partial charge >= 0.3 is 6.67 Å². The van der Waals surface area contributed by atoms with Crippen molar-refractivity contribution in [2.45, 2.75) is 25.6 Å². The van der Waals surface area contributed by atoms with Gasteiger partial charge in [-0.15, -0.1) is 0 Å². The van der Waals surface area contributed by atoms with Gasteiger partial charge in [0, 0.05) is 24.2 Å². The number of hydrogen-bond donors (Lipinski definition) is 0. The molecule has 3 unspecified atom stereocenters. The average Bonchev–Trinajstić information content (AvgIpc) is 2.80. The van der Waals surface area contributed by atoms with Crippen LogP contribution in [-0.2, 0) is 6.54 Å². The van der Waals surface area contributed by atoms with E-state index in [0.29, 0.717) is 23.2 Å². The molecule has 2 saturated heterocycles. The summed E-state index contributed by atoms with van der Waals surface area (Å²) in [7, 11) is 1.57. The fraction of sp³-hybridized carbons (Fsp3) is 0.583. The summed E-state index contributed by atoms with van der Waals surface area (Å²) < 4.78 is 5.48. The number of nitro groups is 1. The standard InChI is InChI=1S/C12H17N4O3/c1-19-11-5-4-10(7-13-11)8-16(9-15(17)18)12-3-2-6-14(12)16/h4-5,7,12H,2-3,6,8-9H2,1H3/q+1. The van der Waals surface area contributed by atoms with Crippen molar-refractivity contribution in [2.75, 3.05) is 20.3 Å². The van der Waals surface area contributed by atoms with Crippen LogP contribution in [0.3, 0.4) is 0 Å². The molecule has 0 N–H and O–H groups in total. The van der Waals surface area contributed by atoms with Gasteiger partial charge in [-0.3, -0.25) is 10.1 Å². The van der Waals surface area contributed by atoms with Gasteiger partial charge in [0.25, 0.3) is 0 Å². The van der Waals surface area contributed by atoms with Crippen molar-refractivity contribution >= 4 is 0 Å². The van der Waals surface area contributed by atoms with E-state index in [0.717, 1.165) is 24.9 Å². The van der Waals surface area contributed by atoms with E-state index < -0.39 is 0 Å². The molecule has 3 atom stereocenters. The Hall–Kier alpha value is -1.73. The summed E-state index contributed by atoms with van der Waals surface area (Å²) in [5.41, 5.74) is 1.01. The van der Waals surface area contributed by atoms with E-state index in [1.807, 2.05) is 6.07 Å². The third kappa shape index (κ3) is 2.04. The Morgan fingerprint density at radius 1 is 1.63 bits per heavy atom. The minimum absolute atomic E-state index is 0.0311. The molecule has 3 rings (SSSR count). The summed E-state index contributed by atoms with van der Waals surface area (Å²) >= 11 is 0. The monoisotopic (exact) mass is 265 g/mol. The Bertz CT molecular complexity index is 480. The predicted molar refractivity (Wildman–Crippen MR) is 66.3 cm³/mol. The highest BCUT2D eigenvalue weighted by atomic mass is 16.6. The van der Waals surface area contributed by atoms with Crippen LogP contribution in [0.4, 0.5) is 0 Å². The molecule has 2 aliphatic rings. The second kappa shape index (κ2) is 4.43. The summed E-state index contributed by atoms with van der Waals surface area (Å²) in [5.74, 6) is 0.566. The Morgan fingerprint density at radius 2 is 2.47 bits per heavy atom. The molecule has 2 aliphatic heterocycles. The van der Waals surface area contributed by atoms with Crippen LogP contribution in [0.15, 0.2) is 18.3 Å². The quantitative estimate of drug-likeness (QED) is 0.344. The van der Waals surface area contributed by atoms with Gasteiger partial charge in [0.15, 0.2) is 0 Å². The molecule has 7 nitrogen and oxygen atoms in total. The molecule has 0 aliphatic carbocycles. The number of hydrogen-bond acceptors (Lipinski definition) is 5. The van der Waals surface area contributed by atoms with Crippen molar-refractivity contribution in [3.8, 4) is 5.88 Å². The second-order valence-electron chi connectivity index (χ2n) is 5.11. The number of nitrogens with zero attached hydrogens (tertiary/aromatic N) is 4. The number of quaternary nitrogens is 1. The molecule has 102 valence electrons. The first-order valence-electron chi connectivity index (χ1n) is 6.40. The fourth-order valence-electron chi connectivity index (χ4n) is 3.18. The number of fused-ring (bicyclic) bond motifs is 1. The smallest absolute Gasteiger partial charge is 0.347 e. The highest BCUT2D eigenvalue weighted by Gasteiger charge is 2.69. The fourth-order valence-corrected chi connectivity index (χ4v) is 3.18. The van der Waals surface area contributed by atoms with Crippen LogP contribution >= 0.6 is 0 Å². The summed E-state index contributed by atoms with van der Waals surface area (Å²) in [4.78, 5) is 14.9. The maximum absolute atomic E-state index is 10.9. The van der Waals surface area contributed by atoms with Gasteiger partial charge in [-0.05, 0) is 12.5 Å². The van der Waals surface area contributed by atoms with E-state index in [4.69, 9.17) is 4.74 Å². The highest BCUT2D eigenvalue weighted by molar-refractivity contribution is 5.17. The van der Waals surface area contributed by atoms with E-state index in [1.54, 1.807) is 19.4 Å². The first-order valence-corrected chi connectivity index (χ1v) is 6.40. The van der Waals surface area contributed by atoms with Gasteiger partial charge in [0.1, 0.15) is 6.54 Å².